The van der Waals surface area contributed by atoms with Crippen LogP contribution in [0, 0.1) is 11.6 Å². The van der Waals surface area contributed by atoms with E-state index in [1.807, 2.05) is 42.7 Å². The number of hydrogen-bond donors (Lipinski definition) is 5. The van der Waals surface area contributed by atoms with Gasteiger partial charge in [-0.1, -0.05) is 30.3 Å². The largest absolute Gasteiger partial charge is 0.508 e. The quantitative estimate of drug-likeness (QED) is 0.0651. The number of aromatic nitrogens is 5. The van der Waals surface area contributed by atoms with Crippen LogP contribution in [-0.4, -0.2) is 115 Å². The van der Waals surface area contributed by atoms with Crippen molar-refractivity contribution in [3.05, 3.63) is 144 Å². The maximum absolute atomic E-state index is 13.8. The number of aliphatic carboxylic acids is 1. The van der Waals surface area contributed by atoms with Gasteiger partial charge in [0.25, 0.3) is 0 Å². The lowest BCUT2D eigenvalue weighted by Gasteiger charge is -2.45. The highest BCUT2D eigenvalue weighted by molar-refractivity contribution is 5.66. The average Bonchev–Trinajstić information content (AvgIpc) is 3.31. The Bertz CT molecular complexity index is 2510. The van der Waals surface area contributed by atoms with Crippen LogP contribution < -0.4 is 20.9 Å². The summed E-state index contributed by atoms with van der Waals surface area (Å²) in [5, 5.41) is 29.6. The Kier molecular flexibility index (Phi) is 14.9. The topological polar surface area (TPSA) is 168 Å². The number of carboxylic acids is 1. The number of pyridine rings is 1. The summed E-state index contributed by atoms with van der Waals surface area (Å²) in [5.74, 6) is -0.872. The van der Waals surface area contributed by atoms with E-state index in [2.05, 4.69) is 66.8 Å². The van der Waals surface area contributed by atoms with Gasteiger partial charge in [-0.2, -0.15) is 0 Å². The third-order valence-electron chi connectivity index (χ3n) is 12.0. The number of carboxylic acid groups (broad SMARTS) is 1. The molecular weight excluding hydrogens is 829 g/mol. The molecule has 0 radical (unpaired) electrons. The number of nitrogens with zero attached hydrogens (tertiary/aromatic N) is 8. The summed E-state index contributed by atoms with van der Waals surface area (Å²) in [5.41, 5.74) is 6.79. The molecule has 0 spiro atoms. The Hall–Kier alpha value is -6.46. The van der Waals surface area contributed by atoms with Gasteiger partial charge in [0.1, 0.15) is 23.5 Å². The summed E-state index contributed by atoms with van der Waals surface area (Å²) in [7, 11) is 0. The first-order chi connectivity index (χ1) is 31.6. The van der Waals surface area contributed by atoms with Crippen LogP contribution in [-0.2, 0) is 24.2 Å². The second-order valence-corrected chi connectivity index (χ2v) is 16.7. The number of phenols is 1. The molecular formula is C49H55F2N11O3. The number of carbonyl (C=O) groups is 1. The van der Waals surface area contributed by atoms with Gasteiger partial charge in [0, 0.05) is 125 Å². The van der Waals surface area contributed by atoms with Crippen LogP contribution in [0.2, 0.25) is 0 Å². The molecule has 2 aliphatic rings. The highest BCUT2D eigenvalue weighted by Gasteiger charge is 2.34. The number of halogens is 2. The molecule has 2 fully saturated rings. The van der Waals surface area contributed by atoms with Crippen LogP contribution in [0.15, 0.2) is 110 Å². The van der Waals surface area contributed by atoms with Crippen LogP contribution in [0.25, 0.3) is 22.5 Å². The molecule has 5 heterocycles. The first-order valence-corrected chi connectivity index (χ1v) is 22.2. The number of piperazine rings is 2. The molecule has 6 aromatic rings. The summed E-state index contributed by atoms with van der Waals surface area (Å²) in [6, 6.07) is 25.3. The summed E-state index contributed by atoms with van der Waals surface area (Å²) in [4.78, 5) is 42.7. The first kappa shape index (κ1) is 45.1. The minimum absolute atomic E-state index is 0.132. The van der Waals surface area contributed by atoms with E-state index in [4.69, 9.17) is 19.9 Å². The lowest BCUT2D eigenvalue weighted by atomic mass is 10.0. The van der Waals surface area contributed by atoms with E-state index in [1.54, 1.807) is 24.5 Å². The van der Waals surface area contributed by atoms with Crippen molar-refractivity contribution in [2.24, 2.45) is 0 Å². The monoisotopic (exact) mass is 883 g/mol. The molecule has 0 amide bonds. The van der Waals surface area contributed by atoms with Crippen molar-refractivity contribution < 1.29 is 23.8 Å². The maximum Gasteiger partial charge on any atom is 0.303 e. The second kappa shape index (κ2) is 21.5. The first-order valence-electron chi connectivity index (χ1n) is 22.2. The number of phenolic OH excluding ortho intramolecular Hbond substituents is 1. The highest BCUT2D eigenvalue weighted by atomic mass is 19.1. The fraction of sp³-hybridized carbons (Fsp3) is 0.347. The molecule has 0 aliphatic carbocycles. The van der Waals surface area contributed by atoms with E-state index in [9.17, 15) is 23.8 Å². The smallest absolute Gasteiger partial charge is 0.303 e. The molecule has 2 unspecified atom stereocenters. The van der Waals surface area contributed by atoms with Gasteiger partial charge in [0.15, 0.2) is 0 Å². The average molecular weight is 884 g/mol. The minimum atomic E-state index is -0.781. The van der Waals surface area contributed by atoms with E-state index in [0.717, 1.165) is 78.8 Å². The van der Waals surface area contributed by atoms with Crippen molar-refractivity contribution in [2.45, 2.75) is 57.4 Å². The van der Waals surface area contributed by atoms with E-state index in [1.165, 1.54) is 12.1 Å². The SMILES string of the molecule is C[C@H]1CNCCN1C(c1cncc(-c2ccnc(NCCc3cc(F)cc(F)c3)n2)c1)N(CCc1ccc(O)cc1)c1nccc(-c2cccc(CN3CCNCC3CCC(=O)O)c2)n1. The highest BCUT2D eigenvalue weighted by Crippen LogP contribution is 2.34. The number of aromatic hydroxyl groups is 1. The van der Waals surface area contributed by atoms with Gasteiger partial charge in [-0.15, -0.1) is 0 Å². The van der Waals surface area contributed by atoms with Crippen molar-refractivity contribution >= 4 is 17.9 Å². The van der Waals surface area contributed by atoms with Crippen LogP contribution in [0.3, 0.4) is 0 Å². The lowest BCUT2D eigenvalue weighted by Crippen LogP contribution is -2.55. The molecule has 3 aromatic carbocycles. The minimum Gasteiger partial charge on any atom is -0.508 e. The zero-order chi connectivity index (χ0) is 45.1. The number of hydrogen-bond acceptors (Lipinski definition) is 13. The van der Waals surface area contributed by atoms with E-state index >= 15 is 0 Å². The van der Waals surface area contributed by atoms with Gasteiger partial charge < -0.3 is 31.1 Å². The molecule has 2 saturated heterocycles. The molecule has 3 aromatic heterocycles. The van der Waals surface area contributed by atoms with Gasteiger partial charge in [-0.05, 0) is 91.4 Å². The zero-order valence-electron chi connectivity index (χ0n) is 36.5. The fourth-order valence-electron chi connectivity index (χ4n) is 8.73. The molecule has 2 aliphatic heterocycles. The Morgan fingerprint density at radius 2 is 1.62 bits per heavy atom. The van der Waals surface area contributed by atoms with Crippen molar-refractivity contribution in [3.8, 4) is 28.3 Å². The summed E-state index contributed by atoms with van der Waals surface area (Å²) in [6.07, 6.45) is 8.55. The van der Waals surface area contributed by atoms with Crippen LogP contribution in [0.4, 0.5) is 20.7 Å². The Balaban J connectivity index is 1.11. The second-order valence-electron chi connectivity index (χ2n) is 16.7. The number of anilines is 2. The maximum atomic E-state index is 13.8. The number of nitrogens with one attached hydrogen (secondary N) is 3. The predicted octanol–water partition coefficient (Wildman–Crippen LogP) is 6.31. The third kappa shape index (κ3) is 12.0. The molecule has 16 heteroatoms. The van der Waals surface area contributed by atoms with Gasteiger partial charge in [-0.25, -0.2) is 28.7 Å². The Labute approximate surface area is 377 Å². The molecule has 8 rings (SSSR count). The summed E-state index contributed by atoms with van der Waals surface area (Å²) in [6.45, 7) is 8.60. The normalized spacial score (nSPS) is 17.4. The van der Waals surface area contributed by atoms with Gasteiger partial charge in [0.05, 0.1) is 11.4 Å². The Morgan fingerprint density at radius 3 is 2.42 bits per heavy atom. The molecule has 3 atom stereocenters. The van der Waals surface area contributed by atoms with E-state index in [0.29, 0.717) is 62.1 Å². The zero-order valence-corrected chi connectivity index (χ0v) is 36.5. The predicted molar refractivity (Wildman–Crippen MR) is 246 cm³/mol. The van der Waals surface area contributed by atoms with E-state index < -0.39 is 17.6 Å². The summed E-state index contributed by atoms with van der Waals surface area (Å²) >= 11 is 0. The molecule has 338 valence electrons. The van der Waals surface area contributed by atoms with Crippen LogP contribution in [0.1, 0.15) is 48.2 Å². The lowest BCUT2D eigenvalue weighted by molar-refractivity contribution is -0.137. The van der Waals surface area contributed by atoms with Crippen molar-refractivity contribution in [1.29, 1.82) is 0 Å². The van der Waals surface area contributed by atoms with Crippen molar-refractivity contribution in [3.63, 3.8) is 0 Å². The van der Waals surface area contributed by atoms with Crippen molar-refractivity contribution in [1.82, 2.24) is 45.4 Å². The standard InChI is InChI=1S/C49H55F2N11O3/c1-33-28-52-19-22-61(33)47(39-26-38(29-54-30-39)45-12-16-56-48(58-45)55-15-11-35-24-40(50)27-41(51)25-35)62(20-14-34-5-8-43(63)9-6-34)49-57-17-13-44(59-49)37-4-2-3-36(23-37)32-60-21-18-53-31-42(60)7-10-46(64)65/h2-6,8-9,12-13,16-17,23-27,29-30,33,42,47,52-53,63H,7,10-11,14-15,18-22,28,31-32H2,1H3,(H,64,65)(H,55,56,58)/t33-,42?,47?/m0/s1. The van der Waals surface area contributed by atoms with Crippen LogP contribution >= 0.6 is 0 Å². The molecule has 0 saturated carbocycles. The Morgan fingerprint density at radius 1 is 0.846 bits per heavy atom. The fourth-order valence-corrected chi connectivity index (χ4v) is 8.73. The molecule has 65 heavy (non-hydrogen) atoms. The van der Waals surface area contributed by atoms with Crippen LogP contribution in [0.5, 0.6) is 5.75 Å². The molecule has 0 bridgehead atoms. The van der Waals surface area contributed by atoms with Gasteiger partial charge in [0.2, 0.25) is 11.9 Å². The van der Waals surface area contributed by atoms with Gasteiger partial charge in [-0.3, -0.25) is 19.6 Å². The van der Waals surface area contributed by atoms with Gasteiger partial charge >= 0.3 is 5.97 Å². The number of rotatable bonds is 18. The molecule has 5 N–H and O–H groups in total. The number of benzene rings is 3. The third-order valence-corrected chi connectivity index (χ3v) is 12.0. The molecule has 14 nitrogen and oxygen atoms in total. The summed E-state index contributed by atoms with van der Waals surface area (Å²) < 4.78 is 27.6. The van der Waals surface area contributed by atoms with E-state index in [-0.39, 0.29) is 30.4 Å². The van der Waals surface area contributed by atoms with Crippen molar-refractivity contribution in [2.75, 3.05) is 62.6 Å².